The molecule has 1 fully saturated rings. The SMILES string of the molecule is CC1CCCC1(c1cccc(F)c1)C(C)(C)[NH3+].[OH-]. The minimum Gasteiger partial charge on any atom is -0.870 e. The summed E-state index contributed by atoms with van der Waals surface area (Å²) in [6.45, 7) is 6.64. The van der Waals surface area contributed by atoms with Crippen LogP contribution < -0.4 is 5.73 Å². The summed E-state index contributed by atoms with van der Waals surface area (Å²) < 4.78 is 13.5. The second-order valence-corrected chi connectivity index (χ2v) is 6.16. The van der Waals surface area contributed by atoms with E-state index in [4.69, 9.17) is 0 Å². The van der Waals surface area contributed by atoms with E-state index in [1.807, 2.05) is 6.07 Å². The smallest absolute Gasteiger partial charge is 0.123 e. The van der Waals surface area contributed by atoms with Crippen molar-refractivity contribution in [3.05, 3.63) is 35.6 Å². The monoisotopic (exact) mass is 253 g/mol. The van der Waals surface area contributed by atoms with Gasteiger partial charge in [-0.2, -0.15) is 0 Å². The highest BCUT2D eigenvalue weighted by Gasteiger charge is 2.53. The van der Waals surface area contributed by atoms with Crippen molar-refractivity contribution >= 4 is 0 Å². The highest BCUT2D eigenvalue weighted by Crippen LogP contribution is 2.50. The minimum atomic E-state index is -0.134. The van der Waals surface area contributed by atoms with Gasteiger partial charge in [-0.25, -0.2) is 4.39 Å². The molecule has 1 aromatic carbocycles. The van der Waals surface area contributed by atoms with Crippen LogP contribution in [0.25, 0.3) is 0 Å². The Balaban J connectivity index is 0.00000162. The number of hydrogen-bond donors (Lipinski definition) is 1. The van der Waals surface area contributed by atoms with Gasteiger partial charge < -0.3 is 11.2 Å². The zero-order chi connectivity index (χ0) is 12.7. The Hall–Kier alpha value is -0.930. The molecular formula is C15H24FNO. The zero-order valence-corrected chi connectivity index (χ0v) is 11.5. The maximum absolute atomic E-state index is 13.5. The third-order valence-corrected chi connectivity index (χ3v) is 4.60. The molecule has 2 atom stereocenters. The lowest BCUT2D eigenvalue weighted by atomic mass is 9.62. The molecule has 1 aliphatic rings. The quantitative estimate of drug-likeness (QED) is 0.865. The van der Waals surface area contributed by atoms with Gasteiger partial charge in [-0.1, -0.05) is 25.5 Å². The molecular weight excluding hydrogens is 229 g/mol. The molecule has 0 radical (unpaired) electrons. The van der Waals surface area contributed by atoms with Crippen molar-refractivity contribution in [3.8, 4) is 0 Å². The summed E-state index contributed by atoms with van der Waals surface area (Å²) in [4.78, 5) is 0. The van der Waals surface area contributed by atoms with E-state index in [-0.39, 0.29) is 22.2 Å². The van der Waals surface area contributed by atoms with E-state index < -0.39 is 0 Å². The van der Waals surface area contributed by atoms with Crippen LogP contribution in [0.2, 0.25) is 0 Å². The Bertz CT molecular complexity index is 413. The van der Waals surface area contributed by atoms with E-state index in [0.717, 1.165) is 12.0 Å². The third-order valence-electron chi connectivity index (χ3n) is 4.60. The average molecular weight is 253 g/mol. The van der Waals surface area contributed by atoms with Gasteiger partial charge in [0.05, 0.1) is 11.0 Å². The molecule has 0 bridgehead atoms. The topological polar surface area (TPSA) is 57.6 Å². The molecule has 0 heterocycles. The molecule has 18 heavy (non-hydrogen) atoms. The van der Waals surface area contributed by atoms with Gasteiger partial charge in [-0.3, -0.25) is 0 Å². The molecule has 2 nitrogen and oxygen atoms in total. The lowest BCUT2D eigenvalue weighted by molar-refractivity contribution is -0.487. The number of hydrogen-bond acceptors (Lipinski definition) is 1. The number of halogens is 1. The molecule has 1 aliphatic carbocycles. The second kappa shape index (κ2) is 4.98. The highest BCUT2D eigenvalue weighted by molar-refractivity contribution is 5.32. The summed E-state index contributed by atoms with van der Waals surface area (Å²) in [6.07, 6.45) is 3.56. The summed E-state index contributed by atoms with van der Waals surface area (Å²) in [5.74, 6) is 0.432. The van der Waals surface area contributed by atoms with E-state index in [1.165, 1.54) is 18.9 Å². The first-order valence-electron chi connectivity index (χ1n) is 6.49. The summed E-state index contributed by atoms with van der Waals surface area (Å²) in [5, 5.41) is 0. The van der Waals surface area contributed by atoms with Crippen LogP contribution >= 0.6 is 0 Å². The van der Waals surface area contributed by atoms with Crippen molar-refractivity contribution in [1.29, 1.82) is 0 Å². The van der Waals surface area contributed by atoms with Crippen molar-refractivity contribution < 1.29 is 15.6 Å². The molecule has 0 aromatic heterocycles. The van der Waals surface area contributed by atoms with Gasteiger partial charge in [0.1, 0.15) is 5.82 Å². The molecule has 102 valence electrons. The van der Waals surface area contributed by atoms with Gasteiger partial charge >= 0.3 is 0 Å². The van der Waals surface area contributed by atoms with Crippen LogP contribution in [0.15, 0.2) is 24.3 Å². The fourth-order valence-corrected chi connectivity index (χ4v) is 3.77. The van der Waals surface area contributed by atoms with E-state index in [2.05, 4.69) is 32.6 Å². The van der Waals surface area contributed by atoms with E-state index in [9.17, 15) is 4.39 Å². The second-order valence-electron chi connectivity index (χ2n) is 6.16. The van der Waals surface area contributed by atoms with Gasteiger partial charge in [0.15, 0.2) is 0 Å². The Morgan fingerprint density at radius 2 is 2.06 bits per heavy atom. The molecule has 2 unspecified atom stereocenters. The van der Waals surface area contributed by atoms with Crippen molar-refractivity contribution in [2.24, 2.45) is 5.92 Å². The molecule has 2 rings (SSSR count). The molecule has 0 aliphatic heterocycles. The number of quaternary nitrogens is 1. The van der Waals surface area contributed by atoms with Crippen LogP contribution in [0, 0.1) is 11.7 Å². The van der Waals surface area contributed by atoms with Gasteiger partial charge in [-0.05, 0) is 50.3 Å². The molecule has 1 saturated carbocycles. The first-order valence-corrected chi connectivity index (χ1v) is 6.49. The Morgan fingerprint density at radius 3 is 2.50 bits per heavy atom. The van der Waals surface area contributed by atoms with Gasteiger partial charge in [0, 0.05) is 0 Å². The lowest BCUT2D eigenvalue weighted by Crippen LogP contribution is -2.78. The maximum atomic E-state index is 13.5. The van der Waals surface area contributed by atoms with E-state index in [0.29, 0.717) is 5.92 Å². The zero-order valence-electron chi connectivity index (χ0n) is 11.5. The van der Waals surface area contributed by atoms with Crippen LogP contribution in [0.3, 0.4) is 0 Å². The molecule has 4 N–H and O–H groups in total. The highest BCUT2D eigenvalue weighted by atomic mass is 19.1. The Kier molecular flexibility index (Phi) is 4.19. The maximum Gasteiger partial charge on any atom is 0.123 e. The molecule has 0 amide bonds. The average Bonchev–Trinajstić information content (AvgIpc) is 2.60. The third kappa shape index (κ3) is 2.17. The molecule has 3 heteroatoms. The van der Waals surface area contributed by atoms with Crippen LogP contribution in [-0.4, -0.2) is 11.0 Å². The first-order chi connectivity index (χ1) is 7.88. The normalized spacial score (nSPS) is 27.9. The summed E-state index contributed by atoms with van der Waals surface area (Å²) in [7, 11) is 0. The van der Waals surface area contributed by atoms with Gasteiger partial charge in [-0.15, -0.1) is 0 Å². The summed E-state index contributed by atoms with van der Waals surface area (Å²) >= 11 is 0. The van der Waals surface area contributed by atoms with Crippen molar-refractivity contribution in [2.45, 2.75) is 51.0 Å². The minimum absolute atomic E-state index is 0. The summed E-state index contributed by atoms with van der Waals surface area (Å²) in [6, 6.07) is 7.11. The van der Waals surface area contributed by atoms with Crippen LogP contribution in [0.4, 0.5) is 4.39 Å². The van der Waals surface area contributed by atoms with Crippen molar-refractivity contribution in [3.63, 3.8) is 0 Å². The molecule has 1 aromatic rings. The lowest BCUT2D eigenvalue weighted by Gasteiger charge is -2.43. The van der Waals surface area contributed by atoms with Crippen LogP contribution in [-0.2, 0) is 5.41 Å². The fraction of sp³-hybridized carbons (Fsp3) is 0.600. The standard InChI is InChI=1S/C15H22FN.H2O/c1-11-6-5-9-15(11,14(2,3)17)12-7-4-8-13(16)10-12;/h4,7-8,10-11H,5-6,9,17H2,1-3H3;1H2. The van der Waals surface area contributed by atoms with Crippen molar-refractivity contribution in [1.82, 2.24) is 0 Å². The van der Waals surface area contributed by atoms with Crippen LogP contribution in [0.1, 0.15) is 45.6 Å². The Labute approximate surface area is 109 Å². The molecule has 0 spiro atoms. The fourth-order valence-electron chi connectivity index (χ4n) is 3.77. The number of benzene rings is 1. The number of rotatable bonds is 2. The van der Waals surface area contributed by atoms with Gasteiger partial charge in [0.25, 0.3) is 0 Å². The van der Waals surface area contributed by atoms with Gasteiger partial charge in [0.2, 0.25) is 0 Å². The Morgan fingerprint density at radius 1 is 1.39 bits per heavy atom. The van der Waals surface area contributed by atoms with E-state index >= 15 is 0 Å². The van der Waals surface area contributed by atoms with Crippen molar-refractivity contribution in [2.75, 3.05) is 0 Å². The first kappa shape index (κ1) is 15.1. The molecule has 0 saturated heterocycles. The van der Waals surface area contributed by atoms with E-state index in [1.54, 1.807) is 6.07 Å². The largest absolute Gasteiger partial charge is 0.870 e. The predicted molar refractivity (Wildman–Crippen MR) is 70.0 cm³/mol. The predicted octanol–water partition coefficient (Wildman–Crippen LogP) is 2.73. The summed E-state index contributed by atoms with van der Waals surface area (Å²) in [5.41, 5.74) is 5.44. The van der Waals surface area contributed by atoms with Crippen LogP contribution in [0.5, 0.6) is 0 Å².